The van der Waals surface area contributed by atoms with Gasteiger partial charge >= 0.3 is 5.97 Å². The molecular weight excluding hydrogens is 258 g/mol. The molecule has 1 unspecified atom stereocenters. The highest BCUT2D eigenvalue weighted by atomic mass is 32.2. The first kappa shape index (κ1) is 14.7. The van der Waals surface area contributed by atoms with E-state index < -0.39 is 21.0 Å². The SMILES string of the molecule is CCCCC(C)NS(=O)(=O)c1[nH]ncc1C(=O)O. The van der Waals surface area contributed by atoms with Crippen LogP contribution in [0, 0.1) is 0 Å². The Morgan fingerprint density at radius 2 is 2.28 bits per heavy atom. The summed E-state index contributed by atoms with van der Waals surface area (Å²) in [5.41, 5.74) is -0.356. The zero-order valence-corrected chi connectivity index (χ0v) is 11.1. The Bertz CT molecular complexity index is 509. The van der Waals surface area contributed by atoms with Gasteiger partial charge in [0, 0.05) is 6.04 Å². The lowest BCUT2D eigenvalue weighted by Gasteiger charge is -2.12. The van der Waals surface area contributed by atoms with Gasteiger partial charge in [0.2, 0.25) is 0 Å². The molecule has 0 aliphatic rings. The van der Waals surface area contributed by atoms with Gasteiger partial charge in [-0.1, -0.05) is 19.8 Å². The monoisotopic (exact) mass is 275 g/mol. The Morgan fingerprint density at radius 1 is 1.61 bits per heavy atom. The van der Waals surface area contributed by atoms with E-state index in [-0.39, 0.29) is 11.6 Å². The molecule has 0 fully saturated rings. The molecule has 0 radical (unpaired) electrons. The first-order valence-electron chi connectivity index (χ1n) is 5.67. The zero-order chi connectivity index (χ0) is 13.8. The highest BCUT2D eigenvalue weighted by Gasteiger charge is 2.25. The molecule has 1 aromatic rings. The van der Waals surface area contributed by atoms with Gasteiger partial charge < -0.3 is 5.11 Å². The van der Waals surface area contributed by atoms with Crippen LogP contribution in [-0.4, -0.2) is 35.7 Å². The van der Waals surface area contributed by atoms with Crippen LogP contribution in [0.5, 0.6) is 0 Å². The van der Waals surface area contributed by atoms with E-state index in [0.29, 0.717) is 6.42 Å². The van der Waals surface area contributed by atoms with Crippen molar-refractivity contribution in [3.63, 3.8) is 0 Å². The number of nitrogens with zero attached hydrogens (tertiary/aromatic N) is 1. The third-order valence-electron chi connectivity index (χ3n) is 2.45. The summed E-state index contributed by atoms with van der Waals surface area (Å²) in [6, 6.07) is -0.250. The van der Waals surface area contributed by atoms with Gasteiger partial charge in [-0.2, -0.15) is 5.10 Å². The Kier molecular flexibility index (Phi) is 4.85. The number of H-pyrrole nitrogens is 1. The number of aromatic carboxylic acids is 1. The molecule has 3 N–H and O–H groups in total. The summed E-state index contributed by atoms with van der Waals surface area (Å²) in [7, 11) is -3.87. The molecule has 8 heteroatoms. The number of carboxylic acid groups (broad SMARTS) is 1. The molecule has 1 aromatic heterocycles. The van der Waals surface area contributed by atoms with Crippen LogP contribution >= 0.6 is 0 Å². The Morgan fingerprint density at radius 3 is 2.83 bits per heavy atom. The summed E-state index contributed by atoms with van der Waals surface area (Å²) in [5, 5.41) is 14.1. The number of unbranched alkanes of at least 4 members (excludes halogenated alkanes) is 1. The van der Waals surface area contributed by atoms with E-state index in [1.165, 1.54) is 0 Å². The fraction of sp³-hybridized carbons (Fsp3) is 0.600. The Labute approximate surface area is 106 Å². The zero-order valence-electron chi connectivity index (χ0n) is 10.3. The number of sulfonamides is 1. The first-order chi connectivity index (χ1) is 8.38. The van der Waals surface area contributed by atoms with Crippen LogP contribution in [0.2, 0.25) is 0 Å². The molecule has 0 saturated carbocycles. The fourth-order valence-corrected chi connectivity index (χ4v) is 2.89. The fourth-order valence-electron chi connectivity index (χ4n) is 1.52. The van der Waals surface area contributed by atoms with Crippen LogP contribution in [0.25, 0.3) is 0 Å². The number of aromatic amines is 1. The molecule has 0 aliphatic carbocycles. The summed E-state index contributed by atoms with van der Waals surface area (Å²) in [4.78, 5) is 10.8. The minimum absolute atomic E-state index is 0.250. The number of hydrogen-bond donors (Lipinski definition) is 3. The van der Waals surface area contributed by atoms with Gasteiger partial charge in [-0.3, -0.25) is 5.10 Å². The van der Waals surface area contributed by atoms with Crippen LogP contribution in [-0.2, 0) is 10.0 Å². The van der Waals surface area contributed by atoms with Crippen molar-refractivity contribution in [2.24, 2.45) is 0 Å². The smallest absolute Gasteiger partial charge is 0.340 e. The van der Waals surface area contributed by atoms with E-state index in [1.807, 2.05) is 6.92 Å². The van der Waals surface area contributed by atoms with Gasteiger partial charge in [-0.15, -0.1) is 0 Å². The van der Waals surface area contributed by atoms with E-state index >= 15 is 0 Å². The van der Waals surface area contributed by atoms with Crippen molar-refractivity contribution in [2.75, 3.05) is 0 Å². The van der Waals surface area contributed by atoms with Gasteiger partial charge in [-0.05, 0) is 13.3 Å². The lowest BCUT2D eigenvalue weighted by Crippen LogP contribution is -2.33. The number of nitrogens with one attached hydrogen (secondary N) is 2. The minimum Gasteiger partial charge on any atom is -0.478 e. The summed E-state index contributed by atoms with van der Waals surface area (Å²) >= 11 is 0. The number of carbonyl (C=O) groups is 1. The average molecular weight is 275 g/mol. The van der Waals surface area contributed by atoms with E-state index in [1.54, 1.807) is 6.92 Å². The maximum Gasteiger partial charge on any atom is 0.340 e. The molecule has 1 heterocycles. The minimum atomic E-state index is -3.87. The van der Waals surface area contributed by atoms with E-state index in [2.05, 4.69) is 14.9 Å². The van der Waals surface area contributed by atoms with Crippen molar-refractivity contribution >= 4 is 16.0 Å². The Balaban J connectivity index is 2.86. The van der Waals surface area contributed by atoms with Crippen molar-refractivity contribution in [1.29, 1.82) is 0 Å². The number of carboxylic acids is 1. The highest BCUT2D eigenvalue weighted by molar-refractivity contribution is 7.89. The van der Waals surface area contributed by atoms with Gasteiger partial charge in [0.1, 0.15) is 5.56 Å². The second-order valence-corrected chi connectivity index (χ2v) is 5.73. The lowest BCUT2D eigenvalue weighted by atomic mass is 10.2. The first-order valence-corrected chi connectivity index (χ1v) is 7.15. The molecule has 18 heavy (non-hydrogen) atoms. The summed E-state index contributed by atoms with van der Waals surface area (Å²) < 4.78 is 26.3. The molecule has 0 bridgehead atoms. The van der Waals surface area contributed by atoms with Gasteiger partial charge in [0.05, 0.1) is 6.20 Å². The summed E-state index contributed by atoms with van der Waals surface area (Å²) in [6.45, 7) is 3.75. The van der Waals surface area contributed by atoms with E-state index in [0.717, 1.165) is 19.0 Å². The van der Waals surface area contributed by atoms with Crippen LogP contribution in [0.3, 0.4) is 0 Å². The van der Waals surface area contributed by atoms with Crippen molar-refractivity contribution in [2.45, 2.75) is 44.2 Å². The van der Waals surface area contributed by atoms with Crippen molar-refractivity contribution < 1.29 is 18.3 Å². The quantitative estimate of drug-likeness (QED) is 0.686. The van der Waals surface area contributed by atoms with Crippen molar-refractivity contribution in [3.05, 3.63) is 11.8 Å². The highest BCUT2D eigenvalue weighted by Crippen LogP contribution is 2.13. The van der Waals surface area contributed by atoms with Crippen molar-refractivity contribution in [1.82, 2.24) is 14.9 Å². The predicted octanol–water partition coefficient (Wildman–Crippen LogP) is 0.965. The van der Waals surface area contributed by atoms with Crippen molar-refractivity contribution in [3.8, 4) is 0 Å². The van der Waals surface area contributed by atoms with Crippen LogP contribution in [0.1, 0.15) is 43.5 Å². The molecule has 0 saturated heterocycles. The maximum atomic E-state index is 11.9. The third-order valence-corrected chi connectivity index (χ3v) is 4.01. The summed E-state index contributed by atoms with van der Waals surface area (Å²) in [5.74, 6) is -1.33. The number of hydrogen-bond acceptors (Lipinski definition) is 4. The molecule has 0 aromatic carbocycles. The second kappa shape index (κ2) is 5.96. The largest absolute Gasteiger partial charge is 0.478 e. The maximum absolute atomic E-state index is 11.9. The molecule has 7 nitrogen and oxygen atoms in total. The number of rotatable bonds is 7. The molecular formula is C10H17N3O4S. The topological polar surface area (TPSA) is 112 Å². The third kappa shape index (κ3) is 3.54. The Hall–Kier alpha value is -1.41. The van der Waals surface area contributed by atoms with Crippen LogP contribution in [0.4, 0.5) is 0 Å². The molecule has 0 spiro atoms. The standard InChI is InChI=1S/C10H17N3O4S/c1-3-4-5-7(2)13-18(16,17)9-8(10(14)15)6-11-12-9/h6-7,13H,3-5H2,1-2H3,(H,11,12)(H,14,15). The lowest BCUT2D eigenvalue weighted by molar-refractivity contribution is 0.0692. The second-order valence-electron chi connectivity index (χ2n) is 4.08. The molecule has 102 valence electrons. The van der Waals surface area contributed by atoms with Gasteiger partial charge in [0.15, 0.2) is 5.03 Å². The predicted molar refractivity (Wildman–Crippen MR) is 64.9 cm³/mol. The van der Waals surface area contributed by atoms with Gasteiger partial charge in [0.25, 0.3) is 10.0 Å². The molecule has 1 rings (SSSR count). The molecule has 0 aliphatic heterocycles. The van der Waals surface area contributed by atoms with Crippen LogP contribution < -0.4 is 4.72 Å². The molecule has 1 atom stereocenters. The van der Waals surface area contributed by atoms with E-state index in [9.17, 15) is 13.2 Å². The normalized spacial score (nSPS) is 13.4. The van der Waals surface area contributed by atoms with E-state index in [4.69, 9.17) is 5.11 Å². The number of aromatic nitrogens is 2. The summed E-state index contributed by atoms with van der Waals surface area (Å²) in [6.07, 6.45) is 3.55. The average Bonchev–Trinajstić information content (AvgIpc) is 2.75. The van der Waals surface area contributed by atoms with Gasteiger partial charge in [-0.25, -0.2) is 17.9 Å². The molecule has 0 amide bonds. The van der Waals surface area contributed by atoms with Crippen LogP contribution in [0.15, 0.2) is 11.2 Å².